The minimum atomic E-state index is 0.0335. The highest BCUT2D eigenvalue weighted by Crippen LogP contribution is 2.07. The van der Waals surface area contributed by atoms with Crippen LogP contribution in [0.2, 0.25) is 0 Å². The molecule has 62 valence electrons. The van der Waals surface area contributed by atoms with Gasteiger partial charge < -0.3 is 10.1 Å². The highest BCUT2D eigenvalue weighted by molar-refractivity contribution is 8.15. The Morgan fingerprint density at radius 1 is 1.82 bits per heavy atom. The monoisotopic (exact) mass is 174 g/mol. The number of amidine groups is 1. The number of nitrogens with one attached hydrogen (secondary N) is 1. The van der Waals surface area contributed by atoms with Gasteiger partial charge in [0.05, 0.1) is 18.9 Å². The molecule has 1 aliphatic heterocycles. The highest BCUT2D eigenvalue weighted by Gasteiger charge is 2.15. The van der Waals surface area contributed by atoms with E-state index >= 15 is 0 Å². The van der Waals surface area contributed by atoms with Gasteiger partial charge in [-0.15, -0.1) is 0 Å². The second-order valence-electron chi connectivity index (χ2n) is 2.02. The van der Waals surface area contributed by atoms with E-state index in [1.165, 1.54) is 11.8 Å². The van der Waals surface area contributed by atoms with E-state index in [2.05, 4.69) is 10.3 Å². The normalized spacial score (nSPS) is 20.8. The van der Waals surface area contributed by atoms with Crippen molar-refractivity contribution in [2.45, 2.75) is 0 Å². The van der Waals surface area contributed by atoms with Crippen molar-refractivity contribution in [1.29, 1.82) is 0 Å². The van der Waals surface area contributed by atoms with Crippen molar-refractivity contribution in [1.82, 2.24) is 5.32 Å². The van der Waals surface area contributed by atoms with Gasteiger partial charge in [0.2, 0.25) is 5.91 Å². The standard InChI is InChI=1S/C6H10N2O2S/c1-10-3-2-7-6-8-5(9)4-11-6/h2-4H2,1H3,(H,7,8,9). The zero-order valence-corrected chi connectivity index (χ0v) is 7.11. The van der Waals surface area contributed by atoms with Gasteiger partial charge in [-0.3, -0.25) is 9.79 Å². The Labute approximate surface area is 69.4 Å². The van der Waals surface area contributed by atoms with Crippen molar-refractivity contribution in [2.75, 3.05) is 26.0 Å². The number of hydrogen-bond acceptors (Lipinski definition) is 4. The number of carbonyl (C=O) groups is 1. The number of aliphatic imine (C=N–C) groups is 1. The van der Waals surface area contributed by atoms with Gasteiger partial charge in [0.1, 0.15) is 0 Å². The van der Waals surface area contributed by atoms with Crippen LogP contribution in [0.1, 0.15) is 0 Å². The van der Waals surface area contributed by atoms with E-state index in [4.69, 9.17) is 4.74 Å². The largest absolute Gasteiger partial charge is 0.383 e. The maximum absolute atomic E-state index is 10.6. The van der Waals surface area contributed by atoms with Crippen molar-refractivity contribution in [3.63, 3.8) is 0 Å². The minimum absolute atomic E-state index is 0.0335. The maximum atomic E-state index is 10.6. The molecule has 4 nitrogen and oxygen atoms in total. The number of nitrogens with zero attached hydrogens (tertiary/aromatic N) is 1. The lowest BCUT2D eigenvalue weighted by Gasteiger charge is -1.94. The third-order valence-electron chi connectivity index (χ3n) is 1.14. The van der Waals surface area contributed by atoms with Crippen LogP contribution < -0.4 is 5.32 Å². The van der Waals surface area contributed by atoms with Gasteiger partial charge in [-0.05, 0) is 0 Å². The lowest BCUT2D eigenvalue weighted by molar-refractivity contribution is -0.116. The van der Waals surface area contributed by atoms with Crippen LogP contribution in [0.3, 0.4) is 0 Å². The Morgan fingerprint density at radius 2 is 2.64 bits per heavy atom. The van der Waals surface area contributed by atoms with E-state index in [-0.39, 0.29) is 5.91 Å². The third-order valence-corrected chi connectivity index (χ3v) is 2.05. The first-order chi connectivity index (χ1) is 5.33. The van der Waals surface area contributed by atoms with E-state index in [1.807, 2.05) is 0 Å². The summed E-state index contributed by atoms with van der Waals surface area (Å²) >= 11 is 1.43. The molecule has 1 aliphatic rings. The molecule has 1 amide bonds. The lowest BCUT2D eigenvalue weighted by atomic mass is 10.7. The Morgan fingerprint density at radius 3 is 3.18 bits per heavy atom. The van der Waals surface area contributed by atoms with E-state index in [0.717, 1.165) is 0 Å². The van der Waals surface area contributed by atoms with Crippen molar-refractivity contribution < 1.29 is 9.53 Å². The van der Waals surface area contributed by atoms with E-state index < -0.39 is 0 Å². The molecule has 1 rings (SSSR count). The van der Waals surface area contributed by atoms with Crippen LogP contribution in [-0.2, 0) is 9.53 Å². The molecule has 0 atom stereocenters. The molecule has 1 saturated heterocycles. The SMILES string of the molecule is COCCN=C1NC(=O)CS1. The fourth-order valence-corrected chi connectivity index (χ4v) is 1.36. The van der Waals surface area contributed by atoms with Crippen molar-refractivity contribution >= 4 is 22.8 Å². The first-order valence-electron chi connectivity index (χ1n) is 3.29. The summed E-state index contributed by atoms with van der Waals surface area (Å²) in [5.41, 5.74) is 0. The molecule has 0 unspecified atom stereocenters. The molecule has 0 aromatic carbocycles. The van der Waals surface area contributed by atoms with Gasteiger partial charge in [0, 0.05) is 7.11 Å². The molecule has 0 saturated carbocycles. The topological polar surface area (TPSA) is 50.7 Å². The summed E-state index contributed by atoms with van der Waals surface area (Å²) in [7, 11) is 1.63. The number of thioether (sulfide) groups is 1. The van der Waals surface area contributed by atoms with Crippen LogP contribution in [0.25, 0.3) is 0 Å². The minimum Gasteiger partial charge on any atom is -0.383 e. The Balaban J connectivity index is 2.25. The van der Waals surface area contributed by atoms with Crippen LogP contribution >= 0.6 is 11.8 Å². The predicted molar refractivity (Wildman–Crippen MR) is 44.8 cm³/mol. The molecular weight excluding hydrogens is 164 g/mol. The fraction of sp³-hybridized carbons (Fsp3) is 0.667. The smallest absolute Gasteiger partial charge is 0.236 e. The van der Waals surface area contributed by atoms with E-state index in [9.17, 15) is 4.79 Å². The third kappa shape index (κ3) is 2.90. The molecule has 1 heterocycles. The molecule has 0 aliphatic carbocycles. The van der Waals surface area contributed by atoms with Gasteiger partial charge in [0.25, 0.3) is 0 Å². The quantitative estimate of drug-likeness (QED) is 0.605. The number of amides is 1. The molecule has 0 spiro atoms. The number of hydrogen-bond donors (Lipinski definition) is 1. The van der Waals surface area contributed by atoms with Crippen LogP contribution in [0.5, 0.6) is 0 Å². The van der Waals surface area contributed by atoms with Crippen molar-refractivity contribution in [3.05, 3.63) is 0 Å². The molecule has 11 heavy (non-hydrogen) atoms. The van der Waals surface area contributed by atoms with E-state index in [0.29, 0.717) is 24.1 Å². The van der Waals surface area contributed by atoms with Gasteiger partial charge >= 0.3 is 0 Å². The summed E-state index contributed by atoms with van der Waals surface area (Å²) in [6.07, 6.45) is 0. The van der Waals surface area contributed by atoms with Crippen molar-refractivity contribution in [2.24, 2.45) is 4.99 Å². The van der Waals surface area contributed by atoms with Gasteiger partial charge in [-0.2, -0.15) is 0 Å². The van der Waals surface area contributed by atoms with Crippen molar-refractivity contribution in [3.8, 4) is 0 Å². The maximum Gasteiger partial charge on any atom is 0.236 e. The fourth-order valence-electron chi connectivity index (χ4n) is 0.649. The van der Waals surface area contributed by atoms with Crippen LogP contribution in [0.15, 0.2) is 4.99 Å². The second kappa shape index (κ2) is 4.35. The molecule has 0 radical (unpaired) electrons. The average molecular weight is 174 g/mol. The second-order valence-corrected chi connectivity index (χ2v) is 2.98. The first kappa shape index (κ1) is 8.55. The zero-order valence-electron chi connectivity index (χ0n) is 6.29. The Kier molecular flexibility index (Phi) is 3.38. The molecule has 0 aromatic rings. The molecule has 1 N–H and O–H groups in total. The predicted octanol–water partition coefficient (Wildman–Crippen LogP) is -0.148. The first-order valence-corrected chi connectivity index (χ1v) is 4.27. The average Bonchev–Trinajstić information content (AvgIpc) is 2.37. The summed E-state index contributed by atoms with van der Waals surface area (Å²) in [4.78, 5) is 14.7. The summed E-state index contributed by atoms with van der Waals surface area (Å²) in [6.45, 7) is 1.21. The molecular formula is C6H10N2O2S. The Bertz CT molecular complexity index is 181. The van der Waals surface area contributed by atoms with Crippen LogP contribution in [0.4, 0.5) is 0 Å². The number of carbonyl (C=O) groups excluding carboxylic acids is 1. The van der Waals surface area contributed by atoms with Gasteiger partial charge in [-0.25, -0.2) is 0 Å². The van der Waals surface area contributed by atoms with Gasteiger partial charge in [-0.1, -0.05) is 11.8 Å². The molecule has 0 bridgehead atoms. The molecule has 0 aromatic heterocycles. The number of ether oxygens (including phenoxy) is 1. The summed E-state index contributed by atoms with van der Waals surface area (Å²) in [5, 5.41) is 3.35. The number of rotatable bonds is 3. The highest BCUT2D eigenvalue weighted by atomic mass is 32.2. The zero-order chi connectivity index (χ0) is 8.10. The van der Waals surface area contributed by atoms with E-state index in [1.54, 1.807) is 7.11 Å². The number of methoxy groups -OCH3 is 1. The van der Waals surface area contributed by atoms with Crippen LogP contribution in [0, 0.1) is 0 Å². The molecule has 1 fully saturated rings. The van der Waals surface area contributed by atoms with Crippen LogP contribution in [-0.4, -0.2) is 37.1 Å². The summed E-state index contributed by atoms with van der Waals surface area (Å²) in [6, 6.07) is 0. The molecule has 5 heteroatoms. The summed E-state index contributed by atoms with van der Waals surface area (Å²) in [5.74, 6) is 0.525. The Hall–Kier alpha value is -0.550. The summed E-state index contributed by atoms with van der Waals surface area (Å²) < 4.78 is 4.80. The van der Waals surface area contributed by atoms with Gasteiger partial charge in [0.15, 0.2) is 5.17 Å². The lowest BCUT2D eigenvalue weighted by Crippen LogP contribution is -2.20.